The van der Waals surface area contributed by atoms with Crippen LogP contribution in [-0.2, 0) is 10.5 Å². The van der Waals surface area contributed by atoms with Gasteiger partial charge in [-0.15, -0.1) is 11.8 Å². The van der Waals surface area contributed by atoms with Crippen molar-refractivity contribution in [3.8, 4) is 0 Å². The minimum atomic E-state index is 0.0496. The fourth-order valence-electron chi connectivity index (χ4n) is 1.56. The lowest BCUT2D eigenvalue weighted by molar-refractivity contribution is -0.118. The van der Waals surface area contributed by atoms with Crippen LogP contribution in [0.25, 0.3) is 0 Å². The summed E-state index contributed by atoms with van der Waals surface area (Å²) in [6.07, 6.45) is 1.67. The lowest BCUT2D eigenvalue weighted by atomic mass is 10.4. The summed E-state index contributed by atoms with van der Waals surface area (Å²) in [5.74, 6) is 3.14. The lowest BCUT2D eigenvalue weighted by Gasteiger charge is -2.05. The zero-order chi connectivity index (χ0) is 14.9. The molecule has 0 unspecified atom stereocenters. The van der Waals surface area contributed by atoms with Gasteiger partial charge >= 0.3 is 0 Å². The molecule has 0 spiro atoms. The topological polar surface area (TPSA) is 42.2 Å². The van der Waals surface area contributed by atoms with Crippen LogP contribution in [0.15, 0.2) is 52.0 Å². The monoisotopic (exact) mass is 341 g/mol. The Hall–Kier alpha value is -1.04. The lowest BCUT2D eigenvalue weighted by Crippen LogP contribution is -2.27. The van der Waals surface area contributed by atoms with Crippen LogP contribution < -0.4 is 5.32 Å². The summed E-state index contributed by atoms with van der Waals surface area (Å²) in [4.78, 5) is 12.7. The van der Waals surface area contributed by atoms with Gasteiger partial charge in [-0.05, 0) is 36.4 Å². The second-order valence-electron chi connectivity index (χ2n) is 4.22. The van der Waals surface area contributed by atoms with Gasteiger partial charge in [0, 0.05) is 22.2 Å². The van der Waals surface area contributed by atoms with Crippen LogP contribution in [0.1, 0.15) is 5.76 Å². The van der Waals surface area contributed by atoms with Gasteiger partial charge in [-0.25, -0.2) is 0 Å². The summed E-state index contributed by atoms with van der Waals surface area (Å²) in [5, 5.41) is 3.61. The zero-order valence-electron chi connectivity index (χ0n) is 11.4. The number of rotatable bonds is 8. The Balaban J connectivity index is 1.54. The van der Waals surface area contributed by atoms with E-state index in [-0.39, 0.29) is 5.91 Å². The predicted octanol–water partition coefficient (Wildman–Crippen LogP) is 4.07. The van der Waals surface area contributed by atoms with Crippen LogP contribution in [0.3, 0.4) is 0 Å². The van der Waals surface area contributed by atoms with Crippen LogP contribution in [-0.4, -0.2) is 24.0 Å². The molecule has 21 heavy (non-hydrogen) atoms. The number of carbonyl (C=O) groups is 1. The number of hydrogen-bond acceptors (Lipinski definition) is 4. The second-order valence-corrected chi connectivity index (χ2v) is 6.81. The number of benzene rings is 1. The van der Waals surface area contributed by atoms with E-state index in [1.165, 1.54) is 11.8 Å². The van der Waals surface area contributed by atoms with E-state index in [9.17, 15) is 4.79 Å². The molecule has 0 saturated carbocycles. The molecule has 3 nitrogen and oxygen atoms in total. The van der Waals surface area contributed by atoms with E-state index in [1.54, 1.807) is 18.0 Å². The maximum Gasteiger partial charge on any atom is 0.230 e. The molecular weight excluding hydrogens is 326 g/mol. The molecule has 0 atom stereocenters. The van der Waals surface area contributed by atoms with Gasteiger partial charge in [-0.1, -0.05) is 11.6 Å². The number of carbonyl (C=O) groups excluding carboxylic acids is 1. The van der Waals surface area contributed by atoms with Crippen molar-refractivity contribution in [3.63, 3.8) is 0 Å². The number of furan rings is 1. The molecule has 1 aromatic heterocycles. The number of thioether (sulfide) groups is 2. The van der Waals surface area contributed by atoms with Crippen LogP contribution in [0, 0.1) is 0 Å². The summed E-state index contributed by atoms with van der Waals surface area (Å²) >= 11 is 9.06. The summed E-state index contributed by atoms with van der Waals surface area (Å²) in [6, 6.07) is 11.3. The van der Waals surface area contributed by atoms with Gasteiger partial charge in [0.1, 0.15) is 5.76 Å². The summed E-state index contributed by atoms with van der Waals surface area (Å²) in [5.41, 5.74) is 0. The molecule has 0 aliphatic carbocycles. The molecule has 0 bridgehead atoms. The molecule has 0 radical (unpaired) electrons. The number of nitrogens with one attached hydrogen (secondary N) is 1. The molecule has 112 valence electrons. The van der Waals surface area contributed by atoms with Gasteiger partial charge in [0.2, 0.25) is 5.91 Å². The first kappa shape index (κ1) is 16.3. The van der Waals surface area contributed by atoms with Gasteiger partial charge in [0.15, 0.2) is 0 Å². The van der Waals surface area contributed by atoms with Crippen LogP contribution >= 0.6 is 35.1 Å². The Labute approximate surface area is 137 Å². The molecule has 0 aliphatic rings. The summed E-state index contributed by atoms with van der Waals surface area (Å²) in [6.45, 7) is 0.672. The fourth-order valence-corrected chi connectivity index (χ4v) is 3.17. The first-order valence-electron chi connectivity index (χ1n) is 6.49. The molecule has 1 aromatic carbocycles. The highest BCUT2D eigenvalue weighted by molar-refractivity contribution is 8.00. The largest absolute Gasteiger partial charge is 0.468 e. The van der Waals surface area contributed by atoms with Gasteiger partial charge in [-0.3, -0.25) is 4.79 Å². The minimum Gasteiger partial charge on any atom is -0.468 e. The highest BCUT2D eigenvalue weighted by Gasteiger charge is 2.03. The molecular formula is C15H16ClNO2S2. The average molecular weight is 342 g/mol. The first-order chi connectivity index (χ1) is 10.2. The van der Waals surface area contributed by atoms with Crippen molar-refractivity contribution in [1.82, 2.24) is 5.32 Å². The number of amides is 1. The Morgan fingerprint density at radius 2 is 2.05 bits per heavy atom. The van der Waals surface area contributed by atoms with E-state index in [0.29, 0.717) is 17.3 Å². The van der Waals surface area contributed by atoms with Crippen molar-refractivity contribution in [2.45, 2.75) is 10.6 Å². The third-order valence-corrected chi connectivity index (χ3v) is 4.82. The van der Waals surface area contributed by atoms with E-state index < -0.39 is 0 Å². The van der Waals surface area contributed by atoms with Gasteiger partial charge in [0.05, 0.1) is 17.8 Å². The molecule has 1 heterocycles. The van der Waals surface area contributed by atoms with Crippen molar-refractivity contribution in [1.29, 1.82) is 0 Å². The standard InChI is InChI=1S/C15H16ClNO2S2/c16-12-3-5-14(6-4-12)21-11-15(18)17-7-9-20-10-13-2-1-8-19-13/h1-6,8H,7,9-11H2,(H,17,18). The Bertz CT molecular complexity index is 543. The van der Waals surface area contributed by atoms with Crippen molar-refractivity contribution in [3.05, 3.63) is 53.4 Å². The molecule has 6 heteroatoms. The molecule has 1 amide bonds. The van der Waals surface area contributed by atoms with Crippen molar-refractivity contribution >= 4 is 41.0 Å². The van der Waals surface area contributed by atoms with Crippen LogP contribution in [0.4, 0.5) is 0 Å². The first-order valence-corrected chi connectivity index (χ1v) is 9.01. The normalized spacial score (nSPS) is 10.5. The van der Waals surface area contributed by atoms with E-state index in [2.05, 4.69) is 5.32 Å². The van der Waals surface area contributed by atoms with Gasteiger partial charge in [0.25, 0.3) is 0 Å². The van der Waals surface area contributed by atoms with Gasteiger partial charge < -0.3 is 9.73 Å². The maximum absolute atomic E-state index is 11.7. The van der Waals surface area contributed by atoms with E-state index >= 15 is 0 Å². The highest BCUT2D eigenvalue weighted by Crippen LogP contribution is 2.19. The maximum atomic E-state index is 11.7. The van der Waals surface area contributed by atoms with Crippen molar-refractivity contribution < 1.29 is 9.21 Å². The highest BCUT2D eigenvalue weighted by atomic mass is 35.5. The molecule has 0 saturated heterocycles. The predicted molar refractivity (Wildman–Crippen MR) is 90.1 cm³/mol. The molecule has 0 fully saturated rings. The van der Waals surface area contributed by atoms with Gasteiger partial charge in [-0.2, -0.15) is 11.8 Å². The van der Waals surface area contributed by atoms with E-state index in [0.717, 1.165) is 22.2 Å². The van der Waals surface area contributed by atoms with Crippen molar-refractivity contribution in [2.75, 3.05) is 18.1 Å². The van der Waals surface area contributed by atoms with E-state index in [4.69, 9.17) is 16.0 Å². The quantitative estimate of drug-likeness (QED) is 0.580. The Morgan fingerprint density at radius 1 is 1.24 bits per heavy atom. The van der Waals surface area contributed by atoms with Crippen LogP contribution in [0.2, 0.25) is 5.02 Å². The smallest absolute Gasteiger partial charge is 0.230 e. The fraction of sp³-hybridized carbons (Fsp3) is 0.267. The number of halogens is 1. The second kappa shape index (κ2) is 9.07. The summed E-state index contributed by atoms with van der Waals surface area (Å²) in [7, 11) is 0. The molecule has 2 aromatic rings. The minimum absolute atomic E-state index is 0.0496. The molecule has 0 aliphatic heterocycles. The SMILES string of the molecule is O=C(CSc1ccc(Cl)cc1)NCCSCc1ccco1. The third kappa shape index (κ3) is 6.50. The van der Waals surface area contributed by atoms with Crippen molar-refractivity contribution in [2.24, 2.45) is 0 Å². The Kier molecular flexibility index (Phi) is 7.06. The number of hydrogen-bond donors (Lipinski definition) is 1. The summed E-state index contributed by atoms with van der Waals surface area (Å²) < 4.78 is 5.24. The van der Waals surface area contributed by atoms with Crippen LogP contribution in [0.5, 0.6) is 0 Å². The van der Waals surface area contributed by atoms with E-state index in [1.807, 2.05) is 36.4 Å². The third-order valence-electron chi connectivity index (χ3n) is 2.58. The Morgan fingerprint density at radius 3 is 2.76 bits per heavy atom. The molecule has 1 N–H and O–H groups in total. The zero-order valence-corrected chi connectivity index (χ0v) is 13.8. The average Bonchev–Trinajstić information content (AvgIpc) is 2.99. The molecule has 2 rings (SSSR count).